The Labute approximate surface area is 130 Å². The van der Waals surface area contributed by atoms with E-state index in [0.29, 0.717) is 12.0 Å². The molecule has 1 aliphatic heterocycles. The minimum absolute atomic E-state index is 0.496. The summed E-state index contributed by atoms with van der Waals surface area (Å²) in [5.41, 5.74) is 2.75. The first-order valence-electron chi connectivity index (χ1n) is 7.83. The van der Waals surface area contributed by atoms with Crippen molar-refractivity contribution in [2.45, 2.75) is 32.2 Å². The Bertz CT molecular complexity index is 790. The van der Waals surface area contributed by atoms with Gasteiger partial charge in [-0.3, -0.25) is 4.40 Å². The number of benzene rings is 1. The third-order valence-corrected chi connectivity index (χ3v) is 4.66. The monoisotopic (exact) mass is 292 g/mol. The fraction of sp³-hybridized carbons (Fsp3) is 0.333. The molecule has 4 heteroatoms. The van der Waals surface area contributed by atoms with Crippen molar-refractivity contribution in [1.29, 1.82) is 0 Å². The van der Waals surface area contributed by atoms with Gasteiger partial charge in [0.1, 0.15) is 5.82 Å². The average molecular weight is 292 g/mol. The molecule has 0 radical (unpaired) electrons. The predicted octanol–water partition coefficient (Wildman–Crippen LogP) is 3.42. The predicted molar refractivity (Wildman–Crippen MR) is 88.3 cm³/mol. The van der Waals surface area contributed by atoms with Crippen LogP contribution >= 0.6 is 0 Å². The zero-order chi connectivity index (χ0) is 15.1. The van der Waals surface area contributed by atoms with Crippen molar-refractivity contribution < 1.29 is 0 Å². The van der Waals surface area contributed by atoms with Gasteiger partial charge in [-0.25, -0.2) is 4.98 Å². The van der Waals surface area contributed by atoms with Crippen molar-refractivity contribution in [3.63, 3.8) is 0 Å². The lowest BCUT2D eigenvalue weighted by Gasteiger charge is -2.22. The number of rotatable bonds is 2. The molecule has 0 spiro atoms. The molecule has 22 heavy (non-hydrogen) atoms. The fourth-order valence-corrected chi connectivity index (χ4v) is 3.39. The summed E-state index contributed by atoms with van der Waals surface area (Å²) in [6, 6.07) is 11.5. The Hall–Kier alpha value is -2.36. The van der Waals surface area contributed by atoms with E-state index in [-0.39, 0.29) is 0 Å². The zero-order valence-electron chi connectivity index (χ0n) is 13.0. The Morgan fingerprint density at radius 2 is 1.91 bits per heavy atom. The molecule has 3 heterocycles. The molecular formula is C18H20N4. The van der Waals surface area contributed by atoms with E-state index in [0.717, 1.165) is 18.1 Å². The lowest BCUT2D eigenvalue weighted by atomic mass is 9.96. The molecule has 112 valence electrons. The topological polar surface area (TPSA) is 33.4 Å². The molecule has 2 atom stereocenters. The van der Waals surface area contributed by atoms with Crippen LogP contribution < -0.4 is 4.90 Å². The van der Waals surface area contributed by atoms with Crippen molar-refractivity contribution in [2.75, 3.05) is 11.4 Å². The quantitative estimate of drug-likeness (QED) is 0.725. The second-order valence-corrected chi connectivity index (χ2v) is 6.26. The molecule has 0 bridgehead atoms. The number of aromatic nitrogens is 3. The maximum atomic E-state index is 4.69. The maximum Gasteiger partial charge on any atom is 0.235 e. The molecular weight excluding hydrogens is 272 g/mol. The van der Waals surface area contributed by atoms with Gasteiger partial charge in [-0.05, 0) is 31.9 Å². The van der Waals surface area contributed by atoms with Gasteiger partial charge in [0.2, 0.25) is 5.78 Å². The SMILES string of the molecule is Cc1ccc(C2CC(C)N(c3ccn4ccnc4n3)C2)cc1. The first-order chi connectivity index (χ1) is 10.7. The molecule has 0 saturated carbocycles. The first-order valence-corrected chi connectivity index (χ1v) is 7.83. The number of fused-ring (bicyclic) bond motifs is 1. The second kappa shape index (κ2) is 5.13. The molecule has 1 aliphatic rings. The van der Waals surface area contributed by atoms with Crippen LogP contribution in [0.5, 0.6) is 0 Å². The number of anilines is 1. The van der Waals surface area contributed by atoms with E-state index in [2.05, 4.69) is 59.0 Å². The molecule has 3 aromatic rings. The molecule has 1 fully saturated rings. The first kappa shape index (κ1) is 13.3. The van der Waals surface area contributed by atoms with Gasteiger partial charge < -0.3 is 4.90 Å². The van der Waals surface area contributed by atoms with Crippen LogP contribution in [0.15, 0.2) is 48.9 Å². The summed E-state index contributed by atoms with van der Waals surface area (Å²) in [6.07, 6.45) is 6.92. The van der Waals surface area contributed by atoms with Gasteiger partial charge in [0.15, 0.2) is 0 Å². The van der Waals surface area contributed by atoms with Crippen molar-refractivity contribution in [1.82, 2.24) is 14.4 Å². The molecule has 0 aliphatic carbocycles. The minimum atomic E-state index is 0.496. The van der Waals surface area contributed by atoms with Crippen molar-refractivity contribution >= 4 is 11.6 Å². The van der Waals surface area contributed by atoms with E-state index in [9.17, 15) is 0 Å². The van der Waals surface area contributed by atoms with E-state index in [4.69, 9.17) is 0 Å². The molecule has 4 rings (SSSR count). The highest BCUT2D eigenvalue weighted by Crippen LogP contribution is 2.34. The van der Waals surface area contributed by atoms with Crippen LogP contribution in [0.3, 0.4) is 0 Å². The molecule has 1 saturated heterocycles. The number of imidazole rings is 1. The average Bonchev–Trinajstić information content (AvgIpc) is 3.13. The van der Waals surface area contributed by atoms with Crippen LogP contribution in [0.2, 0.25) is 0 Å². The highest BCUT2D eigenvalue weighted by Gasteiger charge is 2.31. The summed E-state index contributed by atoms with van der Waals surface area (Å²) in [5, 5.41) is 0. The van der Waals surface area contributed by atoms with Crippen LogP contribution in [-0.4, -0.2) is 27.0 Å². The van der Waals surface area contributed by atoms with E-state index in [1.165, 1.54) is 17.5 Å². The number of hydrogen-bond donors (Lipinski definition) is 0. The highest BCUT2D eigenvalue weighted by molar-refractivity contribution is 5.47. The van der Waals surface area contributed by atoms with Crippen molar-refractivity contribution in [2.24, 2.45) is 0 Å². The molecule has 0 N–H and O–H groups in total. The van der Waals surface area contributed by atoms with Crippen molar-refractivity contribution in [3.8, 4) is 0 Å². The van der Waals surface area contributed by atoms with E-state index < -0.39 is 0 Å². The van der Waals surface area contributed by atoms with Gasteiger partial charge in [0.05, 0.1) is 0 Å². The van der Waals surface area contributed by atoms with E-state index in [1.54, 1.807) is 6.20 Å². The van der Waals surface area contributed by atoms with Crippen LogP contribution in [0.1, 0.15) is 30.4 Å². The molecule has 0 amide bonds. The summed E-state index contributed by atoms with van der Waals surface area (Å²) in [5.74, 6) is 2.37. The van der Waals surface area contributed by atoms with Crippen LogP contribution in [0.25, 0.3) is 5.78 Å². The number of nitrogens with zero attached hydrogens (tertiary/aromatic N) is 4. The largest absolute Gasteiger partial charge is 0.353 e. The minimum Gasteiger partial charge on any atom is -0.353 e. The van der Waals surface area contributed by atoms with Gasteiger partial charge in [0, 0.05) is 37.1 Å². The van der Waals surface area contributed by atoms with Gasteiger partial charge in [-0.15, -0.1) is 0 Å². The van der Waals surface area contributed by atoms with E-state index >= 15 is 0 Å². The van der Waals surface area contributed by atoms with Crippen LogP contribution in [-0.2, 0) is 0 Å². The summed E-state index contributed by atoms with van der Waals surface area (Å²) in [6.45, 7) is 5.44. The Kier molecular flexibility index (Phi) is 3.10. The molecule has 2 aromatic heterocycles. The molecule has 4 nitrogen and oxygen atoms in total. The maximum absolute atomic E-state index is 4.69. The molecule has 1 aromatic carbocycles. The standard InChI is InChI=1S/C18H20N4/c1-13-3-5-15(6-4-13)16-11-14(2)22(12-16)17-7-9-21-10-8-19-18(21)20-17/h3-10,14,16H,11-12H2,1-2H3. The normalized spacial score (nSPS) is 21.6. The highest BCUT2D eigenvalue weighted by atomic mass is 15.3. The summed E-state index contributed by atoms with van der Waals surface area (Å²) < 4.78 is 1.95. The summed E-state index contributed by atoms with van der Waals surface area (Å²) in [4.78, 5) is 11.4. The second-order valence-electron chi connectivity index (χ2n) is 6.26. The van der Waals surface area contributed by atoms with Gasteiger partial charge >= 0.3 is 0 Å². The Morgan fingerprint density at radius 1 is 1.09 bits per heavy atom. The van der Waals surface area contributed by atoms with Crippen molar-refractivity contribution in [3.05, 3.63) is 60.0 Å². The van der Waals surface area contributed by atoms with Gasteiger partial charge in [-0.1, -0.05) is 29.8 Å². The smallest absolute Gasteiger partial charge is 0.235 e. The molecule has 2 unspecified atom stereocenters. The fourth-order valence-electron chi connectivity index (χ4n) is 3.39. The number of hydrogen-bond acceptors (Lipinski definition) is 3. The van der Waals surface area contributed by atoms with Gasteiger partial charge in [0.25, 0.3) is 0 Å². The Balaban J connectivity index is 1.61. The van der Waals surface area contributed by atoms with E-state index in [1.807, 2.05) is 16.8 Å². The van der Waals surface area contributed by atoms with Gasteiger partial charge in [-0.2, -0.15) is 4.98 Å². The van der Waals surface area contributed by atoms with Crippen LogP contribution in [0.4, 0.5) is 5.82 Å². The zero-order valence-corrected chi connectivity index (χ0v) is 13.0. The van der Waals surface area contributed by atoms with Crippen LogP contribution in [0, 0.1) is 6.92 Å². The lowest BCUT2D eigenvalue weighted by molar-refractivity contribution is 0.696. The third-order valence-electron chi connectivity index (χ3n) is 4.66. The Morgan fingerprint density at radius 3 is 2.73 bits per heavy atom. The number of aryl methyl sites for hydroxylation is 1. The lowest BCUT2D eigenvalue weighted by Crippen LogP contribution is -2.27. The summed E-state index contributed by atoms with van der Waals surface area (Å²) >= 11 is 0. The summed E-state index contributed by atoms with van der Waals surface area (Å²) in [7, 11) is 0. The third kappa shape index (κ3) is 2.25.